The van der Waals surface area contributed by atoms with Gasteiger partial charge in [0.1, 0.15) is 5.82 Å². The fourth-order valence-electron chi connectivity index (χ4n) is 3.20. The van der Waals surface area contributed by atoms with E-state index >= 15 is 0 Å². The number of thioether (sulfide) groups is 1. The normalized spacial score (nSPS) is 13.8. The van der Waals surface area contributed by atoms with Crippen LogP contribution in [0.5, 0.6) is 0 Å². The Kier molecular flexibility index (Phi) is 7.92. The van der Waals surface area contributed by atoms with E-state index < -0.39 is 5.82 Å². The van der Waals surface area contributed by atoms with Crippen LogP contribution < -0.4 is 10.2 Å². The summed E-state index contributed by atoms with van der Waals surface area (Å²) in [6.45, 7) is 3.76. The van der Waals surface area contributed by atoms with Gasteiger partial charge in [-0.25, -0.2) is 4.39 Å². The topological polar surface area (TPSA) is 69.7 Å². The van der Waals surface area contributed by atoms with Crippen LogP contribution in [0.1, 0.15) is 17.3 Å². The molecule has 1 fully saturated rings. The van der Waals surface area contributed by atoms with Gasteiger partial charge in [0, 0.05) is 47.3 Å². The number of carbonyl (C=O) groups excluding carboxylic acids is 3. The first-order valence-electron chi connectivity index (χ1n) is 9.82. The van der Waals surface area contributed by atoms with E-state index in [1.54, 1.807) is 4.90 Å². The summed E-state index contributed by atoms with van der Waals surface area (Å²) >= 11 is 7.06. The number of hydrogen-bond donors (Lipinski definition) is 1. The number of benzene rings is 2. The Labute approximate surface area is 189 Å². The first-order valence-corrected chi connectivity index (χ1v) is 11.2. The number of piperazine rings is 1. The van der Waals surface area contributed by atoms with Crippen molar-refractivity contribution in [2.45, 2.75) is 11.8 Å². The number of Topliss-reactive ketones (excluding diaryl/α,β-unsaturated/α-hetero) is 1. The number of nitrogens with one attached hydrogen (secondary N) is 1. The van der Waals surface area contributed by atoms with Crippen molar-refractivity contribution in [2.75, 3.05) is 43.4 Å². The largest absolute Gasteiger partial charge is 0.368 e. The third-order valence-electron chi connectivity index (χ3n) is 4.94. The number of ketones is 1. The minimum Gasteiger partial charge on any atom is -0.368 e. The van der Waals surface area contributed by atoms with Gasteiger partial charge < -0.3 is 15.1 Å². The SMILES string of the molecule is CC(=O)c1ccc(SCC(=O)NCC(=O)N2CCN(c3cccc(Cl)c3)CC2)c(F)c1. The molecular formula is C22H23ClFN3O3S. The molecule has 1 aliphatic heterocycles. The van der Waals surface area contributed by atoms with Crippen LogP contribution in [0.25, 0.3) is 0 Å². The standard InChI is InChI=1S/C22H23ClFN3O3S/c1-15(28)16-5-6-20(19(24)11-16)31-14-21(29)25-13-22(30)27-9-7-26(8-10-27)18-4-2-3-17(23)12-18/h2-6,11-12H,7-10,13-14H2,1H3,(H,25,29). The summed E-state index contributed by atoms with van der Waals surface area (Å²) in [5, 5.41) is 3.26. The van der Waals surface area contributed by atoms with E-state index in [-0.39, 0.29) is 40.4 Å². The third kappa shape index (κ3) is 6.45. The number of hydrogen-bond acceptors (Lipinski definition) is 5. The van der Waals surface area contributed by atoms with E-state index in [0.717, 1.165) is 23.5 Å². The maximum atomic E-state index is 14.0. The van der Waals surface area contributed by atoms with Gasteiger partial charge in [0.2, 0.25) is 11.8 Å². The minimum absolute atomic E-state index is 0.0217. The summed E-state index contributed by atoms with van der Waals surface area (Å²) in [4.78, 5) is 39.9. The Morgan fingerprint density at radius 1 is 1.10 bits per heavy atom. The van der Waals surface area contributed by atoms with Crippen LogP contribution in [-0.4, -0.2) is 61.0 Å². The predicted molar refractivity (Wildman–Crippen MR) is 120 cm³/mol. The molecule has 2 aromatic carbocycles. The number of rotatable bonds is 7. The quantitative estimate of drug-likeness (QED) is 0.504. The van der Waals surface area contributed by atoms with Crippen molar-refractivity contribution in [3.05, 3.63) is 58.9 Å². The van der Waals surface area contributed by atoms with Crippen molar-refractivity contribution in [2.24, 2.45) is 0 Å². The van der Waals surface area contributed by atoms with Gasteiger partial charge in [0.25, 0.3) is 0 Å². The highest BCUT2D eigenvalue weighted by Gasteiger charge is 2.21. The van der Waals surface area contributed by atoms with Gasteiger partial charge in [-0.05, 0) is 37.3 Å². The number of amides is 2. The summed E-state index contributed by atoms with van der Waals surface area (Å²) < 4.78 is 14.0. The molecule has 6 nitrogen and oxygen atoms in total. The molecule has 1 N–H and O–H groups in total. The Morgan fingerprint density at radius 2 is 1.84 bits per heavy atom. The van der Waals surface area contributed by atoms with Gasteiger partial charge in [-0.2, -0.15) is 0 Å². The Bertz CT molecular complexity index is 980. The molecule has 164 valence electrons. The van der Waals surface area contributed by atoms with E-state index in [9.17, 15) is 18.8 Å². The lowest BCUT2D eigenvalue weighted by Crippen LogP contribution is -2.51. The van der Waals surface area contributed by atoms with Crippen molar-refractivity contribution in [3.63, 3.8) is 0 Å². The molecule has 0 spiro atoms. The lowest BCUT2D eigenvalue weighted by molar-refractivity contribution is -0.132. The van der Waals surface area contributed by atoms with Crippen LogP contribution in [-0.2, 0) is 9.59 Å². The second kappa shape index (κ2) is 10.6. The van der Waals surface area contributed by atoms with E-state index in [4.69, 9.17) is 11.6 Å². The average molecular weight is 464 g/mol. The highest BCUT2D eigenvalue weighted by molar-refractivity contribution is 8.00. The molecule has 2 amide bonds. The van der Waals surface area contributed by atoms with E-state index in [2.05, 4.69) is 10.2 Å². The Hall–Kier alpha value is -2.58. The van der Waals surface area contributed by atoms with Crippen molar-refractivity contribution >= 4 is 46.6 Å². The van der Waals surface area contributed by atoms with Crippen LogP contribution in [0.3, 0.4) is 0 Å². The van der Waals surface area contributed by atoms with Crippen LogP contribution >= 0.6 is 23.4 Å². The number of nitrogens with zero attached hydrogens (tertiary/aromatic N) is 2. The summed E-state index contributed by atoms with van der Waals surface area (Å²) in [7, 11) is 0. The van der Waals surface area contributed by atoms with Crippen molar-refractivity contribution in [1.82, 2.24) is 10.2 Å². The van der Waals surface area contributed by atoms with Crippen molar-refractivity contribution in [1.29, 1.82) is 0 Å². The Balaban J connectivity index is 1.40. The zero-order valence-corrected chi connectivity index (χ0v) is 18.6. The molecule has 0 unspecified atom stereocenters. The number of halogens is 2. The fraction of sp³-hybridized carbons (Fsp3) is 0.318. The third-order valence-corrected chi connectivity index (χ3v) is 6.22. The van der Waals surface area contributed by atoms with Gasteiger partial charge >= 0.3 is 0 Å². The zero-order valence-electron chi connectivity index (χ0n) is 17.1. The molecule has 0 aromatic heterocycles. The number of anilines is 1. The molecule has 1 aliphatic rings. The van der Waals surface area contributed by atoms with Gasteiger partial charge in [0.15, 0.2) is 5.78 Å². The number of carbonyl (C=O) groups is 3. The molecular weight excluding hydrogens is 441 g/mol. The maximum Gasteiger partial charge on any atom is 0.242 e. The first kappa shape index (κ1) is 23.1. The van der Waals surface area contributed by atoms with Crippen LogP contribution in [0, 0.1) is 5.82 Å². The van der Waals surface area contributed by atoms with E-state index in [0.29, 0.717) is 31.2 Å². The van der Waals surface area contributed by atoms with E-state index in [1.165, 1.54) is 19.1 Å². The van der Waals surface area contributed by atoms with Crippen LogP contribution in [0.2, 0.25) is 5.02 Å². The summed E-state index contributed by atoms with van der Waals surface area (Å²) in [5.41, 5.74) is 1.31. The van der Waals surface area contributed by atoms with Gasteiger partial charge in [-0.15, -0.1) is 11.8 Å². The van der Waals surface area contributed by atoms with Crippen molar-refractivity contribution in [3.8, 4) is 0 Å². The molecule has 2 aromatic rings. The predicted octanol–water partition coefficient (Wildman–Crippen LogP) is 3.24. The fourth-order valence-corrected chi connectivity index (χ4v) is 4.14. The van der Waals surface area contributed by atoms with Gasteiger partial charge in [-0.1, -0.05) is 23.7 Å². The monoisotopic (exact) mass is 463 g/mol. The lowest BCUT2D eigenvalue weighted by atomic mass is 10.1. The molecule has 0 saturated carbocycles. The van der Waals surface area contributed by atoms with E-state index in [1.807, 2.05) is 24.3 Å². The molecule has 0 radical (unpaired) electrons. The van der Waals surface area contributed by atoms with Gasteiger partial charge in [-0.3, -0.25) is 14.4 Å². The lowest BCUT2D eigenvalue weighted by Gasteiger charge is -2.36. The summed E-state index contributed by atoms with van der Waals surface area (Å²) in [6, 6.07) is 11.8. The first-order chi connectivity index (χ1) is 14.8. The van der Waals surface area contributed by atoms with Crippen LogP contribution in [0.4, 0.5) is 10.1 Å². The second-order valence-electron chi connectivity index (χ2n) is 7.11. The molecule has 9 heteroatoms. The minimum atomic E-state index is -0.542. The zero-order chi connectivity index (χ0) is 22.4. The molecule has 0 atom stereocenters. The molecule has 0 aliphatic carbocycles. The highest BCUT2D eigenvalue weighted by atomic mass is 35.5. The summed E-state index contributed by atoms with van der Waals surface area (Å²) in [6.07, 6.45) is 0. The molecule has 31 heavy (non-hydrogen) atoms. The highest BCUT2D eigenvalue weighted by Crippen LogP contribution is 2.23. The summed E-state index contributed by atoms with van der Waals surface area (Å²) in [5.74, 6) is -1.29. The molecule has 3 rings (SSSR count). The smallest absolute Gasteiger partial charge is 0.242 e. The second-order valence-corrected chi connectivity index (χ2v) is 8.57. The molecule has 0 bridgehead atoms. The van der Waals surface area contributed by atoms with Crippen molar-refractivity contribution < 1.29 is 18.8 Å². The Morgan fingerprint density at radius 3 is 2.48 bits per heavy atom. The van der Waals surface area contributed by atoms with Crippen LogP contribution in [0.15, 0.2) is 47.4 Å². The molecule has 1 saturated heterocycles. The van der Waals surface area contributed by atoms with Gasteiger partial charge in [0.05, 0.1) is 12.3 Å². The average Bonchev–Trinajstić information content (AvgIpc) is 2.76. The maximum absolute atomic E-state index is 14.0. The molecule has 1 heterocycles.